The number of benzene rings is 2. The van der Waals surface area contributed by atoms with E-state index in [1.54, 1.807) is 58.1 Å². The maximum absolute atomic E-state index is 13.4. The molecule has 1 fully saturated rings. The average Bonchev–Trinajstić information content (AvgIpc) is 3.41. The number of nitriles is 1. The largest absolute Gasteiger partial charge is 0.326 e. The lowest BCUT2D eigenvalue weighted by Crippen LogP contribution is -2.52. The molecule has 0 spiro atoms. The number of hydrogen-bond donors (Lipinski definition) is 0. The fraction of sp³-hybridized carbons (Fsp3) is 0.217. The van der Waals surface area contributed by atoms with E-state index in [1.165, 1.54) is 0 Å². The number of carbonyl (C=O) groups excluding carboxylic acids is 2. The molecule has 0 unspecified atom stereocenters. The molecule has 3 heterocycles. The zero-order chi connectivity index (χ0) is 22.2. The monoisotopic (exact) mass is 499 g/mol. The number of anilines is 1. The molecule has 1 aromatic heterocycles. The molecule has 0 radical (unpaired) electrons. The van der Waals surface area contributed by atoms with Gasteiger partial charge in [0.1, 0.15) is 12.2 Å². The van der Waals surface area contributed by atoms with Gasteiger partial charge in [0.05, 0.1) is 23.9 Å². The minimum atomic E-state index is -0.205. The molecule has 2 amide bonds. The van der Waals surface area contributed by atoms with Gasteiger partial charge in [-0.3, -0.25) is 9.59 Å². The van der Waals surface area contributed by atoms with E-state index < -0.39 is 0 Å². The number of piperazine rings is 1. The quantitative estimate of drug-likeness (QED) is 0.543. The van der Waals surface area contributed by atoms with Gasteiger partial charge in [-0.2, -0.15) is 5.26 Å². The second-order valence-corrected chi connectivity index (χ2v) is 9.03. The smallest absolute Gasteiger partial charge is 0.272 e. The maximum atomic E-state index is 13.4. The number of aromatic nitrogens is 2. The van der Waals surface area contributed by atoms with E-state index >= 15 is 0 Å². The molecule has 2 aromatic carbocycles. The minimum Gasteiger partial charge on any atom is -0.326 e. The molecule has 2 aliphatic rings. The third kappa shape index (κ3) is 4.32. The number of nitrogens with zero attached hydrogens (tertiary/aromatic N) is 5. The fourth-order valence-electron chi connectivity index (χ4n) is 4.09. The number of amides is 2. The first kappa shape index (κ1) is 23.2. The summed E-state index contributed by atoms with van der Waals surface area (Å²) in [5.41, 5.74) is 2.82. The zero-order valence-electron chi connectivity index (χ0n) is 17.3. The van der Waals surface area contributed by atoms with Gasteiger partial charge in [-0.1, -0.05) is 41.6 Å². The van der Waals surface area contributed by atoms with Gasteiger partial charge in [-0.25, -0.2) is 4.98 Å². The zero-order valence-corrected chi connectivity index (χ0v) is 19.7. The normalized spacial score (nSPS) is 17.3. The SMILES string of the molecule is Cl.N#Cc1ccc([C@@H]2CSc3ncc(C(=O)N4CCN(c5cccc(Cl)c5)C(=O)C4)n32)cc1. The van der Waals surface area contributed by atoms with Gasteiger partial charge < -0.3 is 14.4 Å². The summed E-state index contributed by atoms with van der Waals surface area (Å²) in [6.45, 7) is 0.826. The first-order valence-corrected chi connectivity index (χ1v) is 11.5. The van der Waals surface area contributed by atoms with Gasteiger partial charge in [0, 0.05) is 29.6 Å². The fourth-order valence-corrected chi connectivity index (χ4v) is 5.41. The van der Waals surface area contributed by atoms with E-state index in [0.717, 1.165) is 22.2 Å². The summed E-state index contributed by atoms with van der Waals surface area (Å²) in [6, 6.07) is 16.6. The lowest BCUT2D eigenvalue weighted by atomic mass is 10.1. The summed E-state index contributed by atoms with van der Waals surface area (Å²) in [5.74, 6) is 0.409. The Labute approximate surface area is 206 Å². The van der Waals surface area contributed by atoms with Crippen molar-refractivity contribution in [2.24, 2.45) is 0 Å². The Balaban J connectivity index is 0.00000259. The summed E-state index contributed by atoms with van der Waals surface area (Å²) < 4.78 is 1.95. The highest BCUT2D eigenvalue weighted by Gasteiger charge is 2.34. The van der Waals surface area contributed by atoms with Crippen LogP contribution in [-0.2, 0) is 4.79 Å². The van der Waals surface area contributed by atoms with E-state index in [2.05, 4.69) is 11.1 Å². The predicted molar refractivity (Wildman–Crippen MR) is 129 cm³/mol. The van der Waals surface area contributed by atoms with Crippen LogP contribution >= 0.6 is 35.8 Å². The average molecular weight is 500 g/mol. The van der Waals surface area contributed by atoms with E-state index in [0.29, 0.717) is 29.4 Å². The number of imidazole rings is 1. The summed E-state index contributed by atoms with van der Waals surface area (Å²) >= 11 is 7.66. The van der Waals surface area contributed by atoms with Crippen LogP contribution in [0.1, 0.15) is 27.7 Å². The molecule has 5 rings (SSSR count). The first-order valence-electron chi connectivity index (χ1n) is 10.1. The number of fused-ring (bicyclic) bond motifs is 1. The molecule has 33 heavy (non-hydrogen) atoms. The Morgan fingerprint density at radius 3 is 2.67 bits per heavy atom. The van der Waals surface area contributed by atoms with E-state index in [4.69, 9.17) is 16.9 Å². The van der Waals surface area contributed by atoms with Gasteiger partial charge in [0.15, 0.2) is 5.16 Å². The molecule has 10 heteroatoms. The summed E-state index contributed by atoms with van der Waals surface area (Å²) in [4.78, 5) is 33.8. The molecule has 0 aliphatic carbocycles. The topological polar surface area (TPSA) is 82.2 Å². The van der Waals surface area contributed by atoms with Crippen LogP contribution < -0.4 is 4.90 Å². The van der Waals surface area contributed by atoms with Crippen molar-refractivity contribution in [2.45, 2.75) is 11.2 Å². The van der Waals surface area contributed by atoms with Gasteiger partial charge in [0.2, 0.25) is 5.91 Å². The van der Waals surface area contributed by atoms with Crippen LogP contribution in [-0.4, -0.2) is 51.7 Å². The van der Waals surface area contributed by atoms with Crippen LogP contribution in [0, 0.1) is 11.3 Å². The number of halogens is 2. The number of rotatable bonds is 3. The lowest BCUT2D eigenvalue weighted by Gasteiger charge is -2.34. The van der Waals surface area contributed by atoms with Crippen molar-refractivity contribution in [1.29, 1.82) is 5.26 Å². The number of thioether (sulfide) groups is 1. The molecule has 1 atom stereocenters. The van der Waals surface area contributed by atoms with Crippen molar-refractivity contribution in [3.05, 3.63) is 76.6 Å². The van der Waals surface area contributed by atoms with Gasteiger partial charge in [0.25, 0.3) is 5.91 Å². The first-order chi connectivity index (χ1) is 15.5. The molecule has 2 aliphatic heterocycles. The van der Waals surface area contributed by atoms with Crippen LogP contribution in [0.5, 0.6) is 0 Å². The minimum absolute atomic E-state index is 0. The van der Waals surface area contributed by atoms with Crippen molar-refractivity contribution in [3.63, 3.8) is 0 Å². The van der Waals surface area contributed by atoms with Gasteiger partial charge in [-0.05, 0) is 35.9 Å². The standard InChI is InChI=1S/C23H18ClN5O2S.ClH/c24-17-2-1-3-18(10-17)28-9-8-27(13-21(28)30)22(31)19-12-26-23-29(19)20(14-32-23)16-6-4-15(11-25)5-7-16;/h1-7,10,12,20H,8-9,13-14H2;1H/t20-;/m0./s1. The maximum Gasteiger partial charge on any atom is 0.272 e. The molecule has 3 aromatic rings. The Bertz CT molecular complexity index is 1250. The molecule has 0 N–H and O–H groups in total. The van der Waals surface area contributed by atoms with Crippen LogP contribution in [0.25, 0.3) is 0 Å². The highest BCUT2D eigenvalue weighted by Crippen LogP contribution is 2.38. The Morgan fingerprint density at radius 1 is 1.18 bits per heavy atom. The van der Waals surface area contributed by atoms with Crippen molar-refractivity contribution < 1.29 is 9.59 Å². The van der Waals surface area contributed by atoms with Crippen LogP contribution in [0.3, 0.4) is 0 Å². The van der Waals surface area contributed by atoms with E-state index in [9.17, 15) is 9.59 Å². The van der Waals surface area contributed by atoms with Crippen molar-refractivity contribution in [1.82, 2.24) is 14.5 Å². The van der Waals surface area contributed by atoms with Crippen molar-refractivity contribution in [3.8, 4) is 6.07 Å². The second-order valence-electron chi connectivity index (χ2n) is 7.61. The van der Waals surface area contributed by atoms with Crippen LogP contribution in [0.4, 0.5) is 5.69 Å². The lowest BCUT2D eigenvalue weighted by molar-refractivity contribution is -0.120. The third-order valence-corrected chi connectivity index (χ3v) is 6.99. The van der Waals surface area contributed by atoms with Gasteiger partial charge in [-0.15, -0.1) is 12.4 Å². The Kier molecular flexibility index (Phi) is 6.66. The van der Waals surface area contributed by atoms with Crippen molar-refractivity contribution in [2.75, 3.05) is 30.3 Å². The molecule has 168 valence electrons. The van der Waals surface area contributed by atoms with Gasteiger partial charge >= 0.3 is 0 Å². The summed E-state index contributed by atoms with van der Waals surface area (Å²) in [7, 11) is 0. The molecule has 0 bridgehead atoms. The highest BCUT2D eigenvalue weighted by atomic mass is 35.5. The second kappa shape index (κ2) is 9.48. The van der Waals surface area contributed by atoms with Crippen LogP contribution in [0.2, 0.25) is 5.02 Å². The Morgan fingerprint density at radius 2 is 1.97 bits per heavy atom. The van der Waals surface area contributed by atoms with Crippen LogP contribution in [0.15, 0.2) is 59.9 Å². The number of carbonyl (C=O) groups is 2. The highest BCUT2D eigenvalue weighted by molar-refractivity contribution is 7.99. The van der Waals surface area contributed by atoms with E-state index in [-0.39, 0.29) is 36.8 Å². The van der Waals surface area contributed by atoms with E-state index in [1.807, 2.05) is 22.8 Å². The number of hydrogen-bond acceptors (Lipinski definition) is 5. The Hall–Kier alpha value is -2.99. The molecule has 0 saturated carbocycles. The van der Waals surface area contributed by atoms with Crippen molar-refractivity contribution >= 4 is 53.3 Å². The molecule has 7 nitrogen and oxygen atoms in total. The molecule has 1 saturated heterocycles. The predicted octanol–water partition coefficient (Wildman–Crippen LogP) is 4.01. The molecular weight excluding hydrogens is 481 g/mol. The summed E-state index contributed by atoms with van der Waals surface area (Å²) in [5, 5.41) is 10.4. The molecular formula is C23H19Cl2N5O2S. The summed E-state index contributed by atoms with van der Waals surface area (Å²) in [6.07, 6.45) is 1.59. The third-order valence-electron chi connectivity index (χ3n) is 5.72.